The zero-order valence-corrected chi connectivity index (χ0v) is 11.6. The predicted molar refractivity (Wildman–Crippen MR) is 79.6 cm³/mol. The van der Waals surface area contributed by atoms with Gasteiger partial charge in [-0.3, -0.25) is 0 Å². The molecule has 1 unspecified atom stereocenters. The van der Waals surface area contributed by atoms with E-state index in [-0.39, 0.29) is 19.1 Å². The first-order chi connectivity index (χ1) is 10.3. The van der Waals surface area contributed by atoms with Gasteiger partial charge in [-0.25, -0.2) is 4.79 Å². The van der Waals surface area contributed by atoms with Crippen molar-refractivity contribution in [3.05, 3.63) is 71.8 Å². The van der Waals surface area contributed by atoms with Crippen LogP contribution in [0.4, 0.5) is 4.79 Å². The molecular weight excluding hydrogens is 266 g/mol. The van der Waals surface area contributed by atoms with E-state index in [9.17, 15) is 9.59 Å². The third kappa shape index (κ3) is 4.76. The van der Waals surface area contributed by atoms with Crippen molar-refractivity contribution in [2.24, 2.45) is 0 Å². The molecule has 2 aromatic rings. The molecule has 2 aromatic carbocycles. The van der Waals surface area contributed by atoms with Crippen molar-refractivity contribution in [1.82, 2.24) is 5.32 Å². The van der Waals surface area contributed by atoms with Gasteiger partial charge in [0.2, 0.25) is 0 Å². The Balaban J connectivity index is 1.91. The quantitative estimate of drug-likeness (QED) is 0.828. The Labute approximate surface area is 123 Å². The van der Waals surface area contributed by atoms with Crippen LogP contribution in [-0.4, -0.2) is 12.4 Å². The van der Waals surface area contributed by atoms with Crippen molar-refractivity contribution >= 4 is 12.4 Å². The van der Waals surface area contributed by atoms with Gasteiger partial charge < -0.3 is 14.8 Å². The van der Waals surface area contributed by atoms with E-state index in [1.165, 1.54) is 0 Å². The summed E-state index contributed by atoms with van der Waals surface area (Å²) in [5.74, 6) is 0. The Bertz CT molecular complexity index is 569. The van der Waals surface area contributed by atoms with Crippen molar-refractivity contribution in [3.63, 3.8) is 0 Å². The fraction of sp³-hybridized carbons (Fsp3) is 0.176. The second kappa shape index (κ2) is 7.85. The molecule has 0 aromatic heterocycles. The minimum absolute atomic E-state index is 0.204. The number of carbonyl (C=O) groups is 2. The molecule has 0 bridgehead atoms. The zero-order valence-electron chi connectivity index (χ0n) is 11.6. The minimum Gasteiger partial charge on any atom is -0.445 e. The van der Waals surface area contributed by atoms with Crippen molar-refractivity contribution in [1.29, 1.82) is 0 Å². The van der Waals surface area contributed by atoms with Crippen LogP contribution in [0.25, 0.3) is 0 Å². The Morgan fingerprint density at radius 2 is 1.67 bits per heavy atom. The van der Waals surface area contributed by atoms with Gasteiger partial charge in [-0.1, -0.05) is 60.7 Å². The van der Waals surface area contributed by atoms with Crippen molar-refractivity contribution in [2.75, 3.05) is 0 Å². The van der Waals surface area contributed by atoms with Crippen LogP contribution in [0.2, 0.25) is 0 Å². The van der Waals surface area contributed by atoms with Gasteiger partial charge in [0.05, 0.1) is 6.04 Å². The van der Waals surface area contributed by atoms with Crippen molar-refractivity contribution in [3.8, 4) is 0 Å². The monoisotopic (exact) mass is 283 g/mol. The van der Waals surface area contributed by atoms with Crippen molar-refractivity contribution < 1.29 is 14.3 Å². The number of alkyl carbamates (subject to hydrolysis) is 1. The summed E-state index contributed by atoms with van der Waals surface area (Å²) in [5.41, 5.74) is 1.79. The average Bonchev–Trinajstić information content (AvgIpc) is 2.54. The molecule has 4 nitrogen and oxygen atoms in total. The van der Waals surface area contributed by atoms with Gasteiger partial charge in [-0.05, 0) is 11.1 Å². The first-order valence-corrected chi connectivity index (χ1v) is 6.75. The van der Waals surface area contributed by atoms with Crippen LogP contribution >= 0.6 is 0 Å². The number of carbonyl (C=O) groups excluding carboxylic acids is 2. The maximum Gasteiger partial charge on any atom is 0.407 e. The number of nitrogens with one attached hydrogen (secondary N) is 1. The van der Waals surface area contributed by atoms with Crippen LogP contribution in [0.1, 0.15) is 23.6 Å². The largest absolute Gasteiger partial charge is 0.445 e. The number of aldehydes is 1. The van der Waals surface area contributed by atoms with Gasteiger partial charge in [-0.15, -0.1) is 0 Å². The van der Waals surface area contributed by atoms with E-state index < -0.39 is 6.09 Å². The molecule has 0 radical (unpaired) electrons. The van der Waals surface area contributed by atoms with E-state index in [0.717, 1.165) is 17.4 Å². The lowest BCUT2D eigenvalue weighted by Gasteiger charge is -2.16. The van der Waals surface area contributed by atoms with Crippen molar-refractivity contribution in [2.45, 2.75) is 19.1 Å². The Morgan fingerprint density at radius 1 is 1.05 bits per heavy atom. The molecule has 0 aliphatic rings. The van der Waals surface area contributed by atoms with Gasteiger partial charge in [0, 0.05) is 6.42 Å². The molecule has 0 spiro atoms. The molecule has 0 aliphatic heterocycles. The summed E-state index contributed by atoms with van der Waals surface area (Å²) >= 11 is 0. The van der Waals surface area contributed by atoms with Crippen LogP contribution in [0.15, 0.2) is 60.7 Å². The highest BCUT2D eigenvalue weighted by Crippen LogP contribution is 2.15. The van der Waals surface area contributed by atoms with Crippen LogP contribution in [0.3, 0.4) is 0 Å². The van der Waals surface area contributed by atoms with E-state index in [4.69, 9.17) is 4.74 Å². The highest BCUT2D eigenvalue weighted by molar-refractivity contribution is 5.68. The normalized spacial score (nSPS) is 11.4. The van der Waals surface area contributed by atoms with E-state index in [0.29, 0.717) is 0 Å². The summed E-state index contributed by atoms with van der Waals surface area (Å²) in [5, 5.41) is 2.71. The minimum atomic E-state index is -0.533. The maximum atomic E-state index is 11.8. The van der Waals surface area contributed by atoms with E-state index in [2.05, 4.69) is 5.32 Å². The molecule has 0 saturated heterocycles. The lowest BCUT2D eigenvalue weighted by atomic mass is 10.1. The third-order valence-corrected chi connectivity index (χ3v) is 3.04. The molecule has 4 heteroatoms. The summed E-state index contributed by atoms with van der Waals surface area (Å²) in [7, 11) is 0. The Kier molecular flexibility index (Phi) is 5.52. The van der Waals surface area contributed by atoms with E-state index >= 15 is 0 Å². The Hall–Kier alpha value is -2.62. The van der Waals surface area contributed by atoms with Crippen LogP contribution in [-0.2, 0) is 16.1 Å². The maximum absolute atomic E-state index is 11.8. The topological polar surface area (TPSA) is 55.4 Å². The highest BCUT2D eigenvalue weighted by atomic mass is 16.5. The lowest BCUT2D eigenvalue weighted by molar-refractivity contribution is -0.108. The second-order valence-corrected chi connectivity index (χ2v) is 4.57. The van der Waals surface area contributed by atoms with Gasteiger partial charge in [0.15, 0.2) is 0 Å². The number of hydrogen-bond donors (Lipinski definition) is 1. The molecule has 0 fully saturated rings. The summed E-state index contributed by atoms with van der Waals surface area (Å²) < 4.78 is 5.16. The standard InChI is InChI=1S/C17H17NO3/c19-12-11-16(15-9-5-2-6-10-15)18-17(20)21-13-14-7-3-1-4-8-14/h1-10,12,16H,11,13H2,(H,18,20). The van der Waals surface area contributed by atoms with Gasteiger partial charge in [0.1, 0.15) is 12.9 Å². The number of hydrogen-bond acceptors (Lipinski definition) is 3. The molecular formula is C17H17NO3. The fourth-order valence-corrected chi connectivity index (χ4v) is 1.97. The highest BCUT2D eigenvalue weighted by Gasteiger charge is 2.14. The summed E-state index contributed by atoms with van der Waals surface area (Å²) in [6.45, 7) is 0.204. The average molecular weight is 283 g/mol. The number of benzene rings is 2. The third-order valence-electron chi connectivity index (χ3n) is 3.04. The molecule has 1 amide bonds. The van der Waals surface area contributed by atoms with Crippen LogP contribution in [0.5, 0.6) is 0 Å². The molecule has 2 rings (SSSR count). The van der Waals surface area contributed by atoms with Gasteiger partial charge in [0.25, 0.3) is 0 Å². The lowest BCUT2D eigenvalue weighted by Crippen LogP contribution is -2.29. The molecule has 0 saturated carbocycles. The van der Waals surface area contributed by atoms with E-state index in [1.54, 1.807) is 0 Å². The molecule has 1 atom stereocenters. The Morgan fingerprint density at radius 3 is 2.29 bits per heavy atom. The first-order valence-electron chi connectivity index (χ1n) is 6.75. The van der Waals surface area contributed by atoms with Crippen LogP contribution in [0, 0.1) is 0 Å². The second-order valence-electron chi connectivity index (χ2n) is 4.57. The summed E-state index contributed by atoms with van der Waals surface area (Å²) in [6.07, 6.45) is 0.467. The van der Waals surface area contributed by atoms with Gasteiger partial charge >= 0.3 is 6.09 Å². The summed E-state index contributed by atoms with van der Waals surface area (Å²) in [6, 6.07) is 18.4. The zero-order chi connectivity index (χ0) is 14.9. The number of ether oxygens (including phenoxy) is 1. The predicted octanol–water partition coefficient (Wildman–Crippen LogP) is 3.24. The molecule has 108 valence electrons. The smallest absolute Gasteiger partial charge is 0.407 e. The fourth-order valence-electron chi connectivity index (χ4n) is 1.97. The molecule has 21 heavy (non-hydrogen) atoms. The first kappa shape index (κ1) is 14.8. The molecule has 1 N–H and O–H groups in total. The van der Waals surface area contributed by atoms with E-state index in [1.807, 2.05) is 60.7 Å². The molecule has 0 heterocycles. The summed E-state index contributed by atoms with van der Waals surface area (Å²) in [4.78, 5) is 22.6. The van der Waals surface area contributed by atoms with Crippen LogP contribution < -0.4 is 5.32 Å². The molecule has 0 aliphatic carbocycles. The SMILES string of the molecule is O=CCC(NC(=O)OCc1ccccc1)c1ccccc1. The van der Waals surface area contributed by atoms with Gasteiger partial charge in [-0.2, -0.15) is 0 Å². The number of rotatable bonds is 6. The number of amides is 1.